The van der Waals surface area contributed by atoms with Crippen LogP contribution in [0.4, 0.5) is 8.78 Å². The van der Waals surface area contributed by atoms with Crippen molar-refractivity contribution in [2.45, 2.75) is 20.8 Å². The molecular formula is C15H13ClF2N2. The molecule has 0 aliphatic rings. The Bertz CT molecular complexity index is 736. The van der Waals surface area contributed by atoms with E-state index in [1.807, 2.05) is 0 Å². The second-order valence-electron chi connectivity index (χ2n) is 4.21. The fourth-order valence-corrected chi connectivity index (χ4v) is 2.28. The molecule has 0 fully saturated rings. The Morgan fingerprint density at radius 3 is 2.50 bits per heavy atom. The van der Waals surface area contributed by atoms with Crippen LogP contribution >= 0.6 is 11.6 Å². The van der Waals surface area contributed by atoms with Crippen molar-refractivity contribution in [1.82, 2.24) is 4.98 Å². The van der Waals surface area contributed by atoms with Gasteiger partial charge in [-0.1, -0.05) is 17.7 Å². The molecule has 0 unspecified atom stereocenters. The molecule has 1 heterocycles. The molecule has 0 atom stereocenters. The normalized spacial score (nSPS) is 12.6. The molecule has 2 rings (SSSR count). The Kier molecular flexibility index (Phi) is 4.14. The van der Waals surface area contributed by atoms with E-state index in [9.17, 15) is 8.78 Å². The zero-order valence-corrected chi connectivity index (χ0v) is 12.1. The summed E-state index contributed by atoms with van der Waals surface area (Å²) in [4.78, 5) is 8.38. The number of aliphatic imine (C=N–C) groups is 1. The fraction of sp³-hybridized carbons (Fsp3) is 0.200. The van der Waals surface area contributed by atoms with Gasteiger partial charge in [-0.25, -0.2) is 13.8 Å². The molecule has 0 spiro atoms. The molecule has 0 saturated carbocycles. The van der Waals surface area contributed by atoms with Crippen LogP contribution in [0.1, 0.15) is 25.1 Å². The van der Waals surface area contributed by atoms with Gasteiger partial charge in [0.2, 0.25) is 0 Å². The van der Waals surface area contributed by atoms with Gasteiger partial charge in [-0.05, 0) is 38.5 Å². The fourth-order valence-electron chi connectivity index (χ4n) is 2.01. The molecule has 0 bridgehead atoms. The van der Waals surface area contributed by atoms with Gasteiger partial charge in [-0.15, -0.1) is 0 Å². The van der Waals surface area contributed by atoms with Gasteiger partial charge in [0, 0.05) is 6.21 Å². The van der Waals surface area contributed by atoms with E-state index in [1.165, 1.54) is 0 Å². The zero-order chi connectivity index (χ0) is 14.9. The highest BCUT2D eigenvalue weighted by molar-refractivity contribution is 6.36. The van der Waals surface area contributed by atoms with E-state index in [4.69, 9.17) is 11.6 Å². The van der Waals surface area contributed by atoms with Gasteiger partial charge < -0.3 is 0 Å². The molecule has 2 aromatic rings. The zero-order valence-electron chi connectivity index (χ0n) is 11.3. The second kappa shape index (κ2) is 5.67. The van der Waals surface area contributed by atoms with Crippen molar-refractivity contribution in [1.29, 1.82) is 0 Å². The van der Waals surface area contributed by atoms with E-state index in [2.05, 4.69) is 9.98 Å². The maximum absolute atomic E-state index is 13.9. The minimum Gasteiger partial charge on any atom is -0.260 e. The van der Waals surface area contributed by atoms with Gasteiger partial charge in [-0.2, -0.15) is 0 Å². The second-order valence-corrected chi connectivity index (χ2v) is 4.59. The number of nitrogens with zero attached hydrogens (tertiary/aromatic N) is 2. The summed E-state index contributed by atoms with van der Waals surface area (Å²) in [6, 6.07) is 2.09. The topological polar surface area (TPSA) is 25.2 Å². The molecule has 5 heteroatoms. The maximum atomic E-state index is 13.9. The van der Waals surface area contributed by atoms with E-state index >= 15 is 0 Å². The lowest BCUT2D eigenvalue weighted by Gasteiger charge is -2.11. The van der Waals surface area contributed by atoms with Crippen LogP contribution in [0.3, 0.4) is 0 Å². The molecule has 20 heavy (non-hydrogen) atoms. The number of allylic oxidation sites excluding steroid dienone is 1. The van der Waals surface area contributed by atoms with Crippen LogP contribution in [0, 0.1) is 18.6 Å². The van der Waals surface area contributed by atoms with Crippen molar-refractivity contribution in [2.24, 2.45) is 4.99 Å². The standard InChI is InChI=1S/C15H13ClF2N2/c1-4-11(19-5-2)14-8(3)13(16)12-9(17)6-7-10(18)15(12)20-14/h4-7H,1-3H3. The number of benzene rings is 1. The summed E-state index contributed by atoms with van der Waals surface area (Å²) in [6.45, 7) is 5.27. The number of pyridine rings is 1. The lowest BCUT2D eigenvalue weighted by molar-refractivity contribution is 0.615. The molecule has 2 nitrogen and oxygen atoms in total. The van der Waals surface area contributed by atoms with Crippen molar-refractivity contribution in [3.05, 3.63) is 46.1 Å². The van der Waals surface area contributed by atoms with Gasteiger partial charge in [0.1, 0.15) is 17.2 Å². The third-order valence-electron chi connectivity index (χ3n) is 2.99. The molecule has 0 saturated heterocycles. The summed E-state index contributed by atoms with van der Waals surface area (Å²) in [6.07, 6.45) is 3.35. The first kappa shape index (κ1) is 14.6. The highest BCUT2D eigenvalue weighted by atomic mass is 35.5. The van der Waals surface area contributed by atoms with Crippen LogP contribution in [0.15, 0.2) is 23.2 Å². The first-order valence-electron chi connectivity index (χ1n) is 6.10. The SMILES string of the molecule is CC=NC(=CC)c1nc2c(F)ccc(F)c2c(Cl)c1C. The molecule has 0 radical (unpaired) electrons. The predicted octanol–water partition coefficient (Wildman–Crippen LogP) is 4.93. The van der Waals surface area contributed by atoms with Crippen LogP contribution in [0.25, 0.3) is 16.6 Å². The highest BCUT2D eigenvalue weighted by Gasteiger charge is 2.18. The number of hydrogen-bond donors (Lipinski definition) is 0. The van der Waals surface area contributed by atoms with E-state index in [1.54, 1.807) is 33.1 Å². The summed E-state index contributed by atoms with van der Waals surface area (Å²) < 4.78 is 27.7. The first-order valence-corrected chi connectivity index (χ1v) is 6.48. The minimum atomic E-state index is -0.611. The Morgan fingerprint density at radius 1 is 1.25 bits per heavy atom. The lowest BCUT2D eigenvalue weighted by atomic mass is 10.1. The van der Waals surface area contributed by atoms with Crippen LogP contribution in [0.2, 0.25) is 5.02 Å². The smallest absolute Gasteiger partial charge is 0.149 e. The first-order chi connectivity index (χ1) is 9.51. The van der Waals surface area contributed by atoms with E-state index in [-0.39, 0.29) is 15.9 Å². The molecular weight excluding hydrogens is 282 g/mol. The van der Waals surface area contributed by atoms with Crippen molar-refractivity contribution in [3.63, 3.8) is 0 Å². The molecule has 0 aliphatic carbocycles. The quantitative estimate of drug-likeness (QED) is 0.721. The van der Waals surface area contributed by atoms with Gasteiger partial charge >= 0.3 is 0 Å². The molecule has 0 aliphatic heterocycles. The monoisotopic (exact) mass is 294 g/mol. The van der Waals surface area contributed by atoms with Gasteiger partial charge in [0.05, 0.1) is 21.8 Å². The minimum absolute atomic E-state index is 0.00356. The Morgan fingerprint density at radius 2 is 1.90 bits per heavy atom. The van der Waals surface area contributed by atoms with E-state index in [0.717, 1.165) is 12.1 Å². The molecule has 0 N–H and O–H groups in total. The summed E-state index contributed by atoms with van der Waals surface area (Å²) in [5.74, 6) is -1.20. The number of aromatic nitrogens is 1. The van der Waals surface area contributed by atoms with Crippen molar-refractivity contribution >= 4 is 34.4 Å². The molecule has 1 aromatic carbocycles. The summed E-state index contributed by atoms with van der Waals surface area (Å²) in [7, 11) is 0. The Labute approximate surface area is 120 Å². The third kappa shape index (κ3) is 2.31. The van der Waals surface area contributed by atoms with Gasteiger partial charge in [-0.3, -0.25) is 4.99 Å². The molecule has 0 amide bonds. The van der Waals surface area contributed by atoms with Crippen molar-refractivity contribution in [2.75, 3.05) is 0 Å². The summed E-state index contributed by atoms with van der Waals surface area (Å²) >= 11 is 6.18. The number of halogens is 3. The third-order valence-corrected chi connectivity index (χ3v) is 3.46. The van der Waals surface area contributed by atoms with Crippen molar-refractivity contribution in [3.8, 4) is 0 Å². The van der Waals surface area contributed by atoms with Gasteiger partial charge in [0.15, 0.2) is 0 Å². The van der Waals surface area contributed by atoms with Crippen LogP contribution < -0.4 is 0 Å². The number of fused-ring (bicyclic) bond motifs is 1. The number of rotatable bonds is 2. The van der Waals surface area contributed by atoms with Crippen molar-refractivity contribution < 1.29 is 8.78 Å². The van der Waals surface area contributed by atoms with E-state index < -0.39 is 11.6 Å². The highest BCUT2D eigenvalue weighted by Crippen LogP contribution is 2.33. The average molecular weight is 295 g/mol. The lowest BCUT2D eigenvalue weighted by Crippen LogP contribution is -1.99. The summed E-state index contributed by atoms with van der Waals surface area (Å²) in [5, 5.41) is 0.163. The number of hydrogen-bond acceptors (Lipinski definition) is 2. The van der Waals surface area contributed by atoms with Gasteiger partial charge in [0.25, 0.3) is 0 Å². The summed E-state index contributed by atoms with van der Waals surface area (Å²) in [5.41, 5.74) is 1.51. The van der Waals surface area contributed by atoms with Crippen LogP contribution in [0.5, 0.6) is 0 Å². The van der Waals surface area contributed by atoms with Crippen LogP contribution in [-0.2, 0) is 0 Å². The van der Waals surface area contributed by atoms with Crippen LogP contribution in [-0.4, -0.2) is 11.2 Å². The Hall–Kier alpha value is -1.81. The van der Waals surface area contributed by atoms with E-state index in [0.29, 0.717) is 17.0 Å². The molecule has 104 valence electrons. The Balaban J connectivity index is 2.90. The predicted molar refractivity (Wildman–Crippen MR) is 79.2 cm³/mol. The maximum Gasteiger partial charge on any atom is 0.149 e. The average Bonchev–Trinajstić information content (AvgIpc) is 2.44. The molecule has 1 aromatic heterocycles. The largest absolute Gasteiger partial charge is 0.260 e.